The van der Waals surface area contributed by atoms with Crippen molar-refractivity contribution in [3.05, 3.63) is 76.0 Å². The largest absolute Gasteiger partial charge is 0.465 e. The maximum absolute atomic E-state index is 13.0. The molecule has 122 valence electrons. The van der Waals surface area contributed by atoms with Gasteiger partial charge in [-0.1, -0.05) is 18.2 Å². The van der Waals surface area contributed by atoms with Crippen molar-refractivity contribution in [2.24, 2.45) is 0 Å². The molecule has 0 amide bonds. The number of carbonyl (C=O) groups is 1. The summed E-state index contributed by atoms with van der Waals surface area (Å²) in [6.45, 7) is 0.0504. The summed E-state index contributed by atoms with van der Waals surface area (Å²) in [5, 5.41) is 4.09. The van der Waals surface area contributed by atoms with Crippen LogP contribution in [0, 0.1) is 5.82 Å². The lowest BCUT2D eigenvalue weighted by atomic mass is 10.1. The van der Waals surface area contributed by atoms with E-state index in [0.29, 0.717) is 16.7 Å². The average Bonchev–Trinajstić information content (AvgIpc) is 2.96. The molecule has 6 nitrogen and oxygen atoms in total. The van der Waals surface area contributed by atoms with E-state index in [4.69, 9.17) is 9.15 Å². The lowest BCUT2D eigenvalue weighted by molar-refractivity contribution is 0.0599. The fourth-order valence-electron chi connectivity index (χ4n) is 2.24. The number of benzene rings is 2. The molecule has 0 saturated heterocycles. The van der Waals surface area contributed by atoms with Gasteiger partial charge in [-0.15, -0.1) is 5.10 Å². The third kappa shape index (κ3) is 3.10. The molecule has 3 aromatic rings. The van der Waals surface area contributed by atoms with Crippen LogP contribution in [0.5, 0.6) is 0 Å². The van der Waals surface area contributed by atoms with E-state index in [2.05, 4.69) is 5.10 Å². The molecule has 0 N–H and O–H groups in total. The number of carbonyl (C=O) groups excluding carboxylic acids is 1. The van der Waals surface area contributed by atoms with Gasteiger partial charge >= 0.3 is 11.7 Å². The molecular weight excluding hydrogens is 315 g/mol. The molecule has 24 heavy (non-hydrogen) atoms. The third-order valence-electron chi connectivity index (χ3n) is 3.44. The summed E-state index contributed by atoms with van der Waals surface area (Å²) < 4.78 is 23.9. The van der Waals surface area contributed by atoms with E-state index in [0.717, 1.165) is 4.68 Å². The van der Waals surface area contributed by atoms with Crippen molar-refractivity contribution in [2.75, 3.05) is 7.11 Å². The number of nitrogens with zero attached hydrogens (tertiary/aromatic N) is 2. The fraction of sp³-hybridized carbons (Fsp3) is 0.118. The van der Waals surface area contributed by atoms with Crippen LogP contribution in [0.2, 0.25) is 0 Å². The van der Waals surface area contributed by atoms with Crippen molar-refractivity contribution in [2.45, 2.75) is 6.54 Å². The molecule has 1 aromatic heterocycles. The lowest BCUT2D eigenvalue weighted by Crippen LogP contribution is -2.18. The lowest BCUT2D eigenvalue weighted by Gasteiger charge is -2.06. The minimum Gasteiger partial charge on any atom is -0.465 e. The maximum Gasteiger partial charge on any atom is 0.437 e. The Balaban J connectivity index is 1.94. The zero-order valence-electron chi connectivity index (χ0n) is 12.7. The summed E-state index contributed by atoms with van der Waals surface area (Å²) in [5.74, 6) is -1.49. The number of esters is 1. The van der Waals surface area contributed by atoms with Crippen LogP contribution in [0.4, 0.5) is 4.39 Å². The number of rotatable bonds is 4. The van der Waals surface area contributed by atoms with Crippen molar-refractivity contribution in [1.82, 2.24) is 9.78 Å². The second-order valence-electron chi connectivity index (χ2n) is 4.99. The molecule has 3 rings (SSSR count). The van der Waals surface area contributed by atoms with Gasteiger partial charge in [-0.2, -0.15) is 4.68 Å². The van der Waals surface area contributed by atoms with Crippen molar-refractivity contribution >= 4 is 5.97 Å². The van der Waals surface area contributed by atoms with Crippen molar-refractivity contribution < 1.29 is 18.3 Å². The first-order valence-electron chi connectivity index (χ1n) is 7.08. The van der Waals surface area contributed by atoms with Gasteiger partial charge in [-0.05, 0) is 35.9 Å². The van der Waals surface area contributed by atoms with Gasteiger partial charge in [0.25, 0.3) is 0 Å². The van der Waals surface area contributed by atoms with E-state index in [1.165, 1.54) is 31.4 Å². The van der Waals surface area contributed by atoms with Gasteiger partial charge in [-0.3, -0.25) is 0 Å². The van der Waals surface area contributed by atoms with E-state index in [1.54, 1.807) is 24.3 Å². The molecule has 0 unspecified atom stereocenters. The molecule has 0 spiro atoms. The third-order valence-corrected chi connectivity index (χ3v) is 3.44. The van der Waals surface area contributed by atoms with Crippen LogP contribution in [0.15, 0.2) is 57.7 Å². The summed E-state index contributed by atoms with van der Waals surface area (Å²) in [4.78, 5) is 23.8. The molecule has 7 heteroatoms. The Morgan fingerprint density at radius 1 is 1.21 bits per heavy atom. The van der Waals surface area contributed by atoms with Gasteiger partial charge in [0.2, 0.25) is 5.89 Å². The van der Waals surface area contributed by atoms with Crippen LogP contribution < -0.4 is 5.76 Å². The van der Waals surface area contributed by atoms with Gasteiger partial charge in [0.05, 0.1) is 19.2 Å². The first kappa shape index (κ1) is 15.7. The highest BCUT2D eigenvalue weighted by Gasteiger charge is 2.15. The van der Waals surface area contributed by atoms with E-state index in [-0.39, 0.29) is 12.4 Å². The Morgan fingerprint density at radius 2 is 1.92 bits per heavy atom. The van der Waals surface area contributed by atoms with E-state index >= 15 is 0 Å². The molecule has 0 aliphatic carbocycles. The Morgan fingerprint density at radius 3 is 2.62 bits per heavy atom. The Bertz CT molecular complexity index is 928. The summed E-state index contributed by atoms with van der Waals surface area (Å²) in [5.41, 5.74) is 1.40. The number of ether oxygens (including phenoxy) is 1. The maximum atomic E-state index is 13.0. The van der Waals surface area contributed by atoms with Gasteiger partial charge in [-0.25, -0.2) is 14.0 Å². The van der Waals surface area contributed by atoms with Crippen molar-refractivity contribution in [3.63, 3.8) is 0 Å². The molecule has 0 bridgehead atoms. The quantitative estimate of drug-likeness (QED) is 0.688. The number of methoxy groups -OCH3 is 1. The zero-order chi connectivity index (χ0) is 17.1. The Hall–Kier alpha value is -3.22. The average molecular weight is 328 g/mol. The minimum absolute atomic E-state index is 0.0504. The summed E-state index contributed by atoms with van der Waals surface area (Å²) in [6, 6.07) is 12.2. The van der Waals surface area contributed by atoms with Crippen LogP contribution in [0.1, 0.15) is 15.9 Å². The summed E-state index contributed by atoms with van der Waals surface area (Å²) in [6.07, 6.45) is 0. The molecule has 0 aliphatic rings. The number of aromatic nitrogens is 2. The molecule has 0 saturated carbocycles. The molecule has 0 aliphatic heterocycles. The topological polar surface area (TPSA) is 74.3 Å². The second-order valence-corrected chi connectivity index (χ2v) is 4.99. The van der Waals surface area contributed by atoms with Crippen LogP contribution in [0.25, 0.3) is 11.5 Å². The first-order chi connectivity index (χ1) is 11.6. The minimum atomic E-state index is -0.672. The second kappa shape index (κ2) is 6.49. The highest BCUT2D eigenvalue weighted by Crippen LogP contribution is 2.17. The smallest absolute Gasteiger partial charge is 0.437 e. The monoisotopic (exact) mass is 328 g/mol. The van der Waals surface area contributed by atoms with Crippen molar-refractivity contribution in [1.29, 1.82) is 0 Å². The van der Waals surface area contributed by atoms with Crippen LogP contribution >= 0.6 is 0 Å². The highest BCUT2D eigenvalue weighted by molar-refractivity contribution is 5.90. The number of hydrogen-bond acceptors (Lipinski definition) is 5. The molecule has 0 radical (unpaired) electrons. The van der Waals surface area contributed by atoms with Gasteiger partial charge in [0.15, 0.2) is 0 Å². The van der Waals surface area contributed by atoms with E-state index < -0.39 is 17.5 Å². The number of hydrogen-bond donors (Lipinski definition) is 0. The van der Waals surface area contributed by atoms with Gasteiger partial charge < -0.3 is 9.15 Å². The van der Waals surface area contributed by atoms with Crippen LogP contribution in [-0.2, 0) is 11.3 Å². The normalized spacial score (nSPS) is 10.6. The van der Waals surface area contributed by atoms with Gasteiger partial charge in [0, 0.05) is 5.56 Å². The highest BCUT2D eigenvalue weighted by atomic mass is 19.1. The van der Waals surface area contributed by atoms with Crippen LogP contribution in [0.3, 0.4) is 0 Å². The predicted octanol–water partition coefficient (Wildman–Crippen LogP) is 2.48. The molecule has 1 heterocycles. The first-order valence-corrected chi connectivity index (χ1v) is 7.08. The molecule has 0 fully saturated rings. The van der Waals surface area contributed by atoms with E-state index in [9.17, 15) is 14.0 Å². The standard InChI is InChI=1S/C17H13FN2O4/c1-23-16(21)14-5-3-2-4-12(14)10-20-17(22)24-15(19-20)11-6-8-13(18)9-7-11/h2-9H,10H2,1H3. The van der Waals surface area contributed by atoms with Crippen molar-refractivity contribution in [3.8, 4) is 11.5 Å². The van der Waals surface area contributed by atoms with E-state index in [1.807, 2.05) is 0 Å². The Kier molecular flexibility index (Phi) is 4.24. The molecule has 0 atom stereocenters. The van der Waals surface area contributed by atoms with Crippen LogP contribution in [-0.4, -0.2) is 22.9 Å². The fourth-order valence-corrected chi connectivity index (χ4v) is 2.24. The predicted molar refractivity (Wildman–Crippen MR) is 83.0 cm³/mol. The SMILES string of the molecule is COC(=O)c1ccccc1Cn1nc(-c2ccc(F)cc2)oc1=O. The zero-order valence-corrected chi connectivity index (χ0v) is 12.7. The summed E-state index contributed by atoms with van der Waals surface area (Å²) in [7, 11) is 1.29. The molecule has 2 aromatic carbocycles. The Labute approximate surface area is 136 Å². The van der Waals surface area contributed by atoms with Gasteiger partial charge in [0.1, 0.15) is 5.82 Å². The summed E-state index contributed by atoms with van der Waals surface area (Å²) >= 11 is 0. The molecular formula is C17H13FN2O4. The number of halogens is 1.